The molecule has 0 spiro atoms. The first kappa shape index (κ1) is 27.4. The van der Waals surface area contributed by atoms with Crippen LogP contribution in [0.2, 0.25) is 13.1 Å². The van der Waals surface area contributed by atoms with Crippen LogP contribution in [0.1, 0.15) is 48.0 Å². The van der Waals surface area contributed by atoms with E-state index < -0.39 is 37.4 Å². The van der Waals surface area contributed by atoms with E-state index in [9.17, 15) is 8.78 Å². The Morgan fingerprint density at radius 2 is 1.44 bits per heavy atom. The summed E-state index contributed by atoms with van der Waals surface area (Å²) in [6, 6.07) is 12.5. The molecular formula is C26H28Cl2F2SiZr. The maximum Gasteiger partial charge on any atom is -1.00 e. The zero-order chi connectivity index (χ0) is 21.7. The molecule has 0 radical (unpaired) electrons. The predicted octanol–water partition coefficient (Wildman–Crippen LogP) is 1.59. The number of halogens is 4. The van der Waals surface area contributed by atoms with Gasteiger partial charge in [0.05, 0.1) is 0 Å². The quantitative estimate of drug-likeness (QED) is 0.494. The minimum atomic E-state index is -2.16. The summed E-state index contributed by atoms with van der Waals surface area (Å²) in [4.78, 5) is 0. The average Bonchev–Trinajstić information content (AvgIpc) is 3.16. The van der Waals surface area contributed by atoms with Crippen LogP contribution in [0.3, 0.4) is 0 Å². The van der Waals surface area contributed by atoms with E-state index in [4.69, 9.17) is 0 Å². The zero-order valence-corrected chi connectivity index (χ0v) is 24.3. The van der Waals surface area contributed by atoms with E-state index in [0.717, 1.165) is 11.1 Å². The van der Waals surface area contributed by atoms with Crippen molar-refractivity contribution < 1.29 is 54.0 Å². The van der Waals surface area contributed by atoms with Gasteiger partial charge in [0.2, 0.25) is 0 Å². The van der Waals surface area contributed by atoms with Gasteiger partial charge in [0.15, 0.2) is 0 Å². The van der Waals surface area contributed by atoms with E-state index in [1.807, 2.05) is 12.1 Å². The van der Waals surface area contributed by atoms with Crippen LogP contribution in [-0.2, 0) is 20.4 Å². The molecule has 32 heavy (non-hydrogen) atoms. The molecule has 0 amide bonds. The molecule has 2 aromatic carbocycles. The molecule has 4 rings (SSSR count). The first-order valence-corrected chi connectivity index (χ1v) is 19.4. The Bertz CT molecular complexity index is 1170. The molecule has 0 nitrogen and oxygen atoms in total. The van der Waals surface area contributed by atoms with Crippen LogP contribution in [-0.4, -0.2) is 5.43 Å². The van der Waals surface area contributed by atoms with Crippen LogP contribution in [0.4, 0.5) is 8.78 Å². The van der Waals surface area contributed by atoms with Crippen molar-refractivity contribution in [1.82, 2.24) is 0 Å². The van der Waals surface area contributed by atoms with Gasteiger partial charge in [-0.05, 0) is 0 Å². The van der Waals surface area contributed by atoms with Gasteiger partial charge in [-0.25, -0.2) is 0 Å². The Kier molecular flexibility index (Phi) is 9.12. The molecular weight excluding hydrogens is 540 g/mol. The third kappa shape index (κ3) is 4.45. The molecule has 2 aliphatic rings. The van der Waals surface area contributed by atoms with Crippen molar-refractivity contribution in [3.8, 4) is 0 Å². The second-order valence-corrected chi connectivity index (χ2v) is 26.2. The summed E-state index contributed by atoms with van der Waals surface area (Å²) in [5, 5.41) is 0. The Morgan fingerprint density at radius 1 is 0.844 bits per heavy atom. The second-order valence-electron chi connectivity index (χ2n) is 8.72. The number of hydrogen-bond donors (Lipinski definition) is 0. The molecule has 168 valence electrons. The van der Waals surface area contributed by atoms with Gasteiger partial charge in [0.25, 0.3) is 0 Å². The number of benzene rings is 2. The van der Waals surface area contributed by atoms with Gasteiger partial charge in [-0.2, -0.15) is 0 Å². The third-order valence-corrected chi connectivity index (χ3v) is 25.5. The number of rotatable bonds is 3. The molecule has 2 aromatic rings. The minimum absolute atomic E-state index is 0. The molecule has 6 heteroatoms. The van der Waals surface area contributed by atoms with E-state index in [-0.39, 0.29) is 30.4 Å². The van der Waals surface area contributed by atoms with Gasteiger partial charge >= 0.3 is 187 Å². The van der Waals surface area contributed by atoms with Crippen molar-refractivity contribution in [3.63, 3.8) is 0 Å². The summed E-state index contributed by atoms with van der Waals surface area (Å²) in [6.45, 7) is 14.1. The van der Waals surface area contributed by atoms with E-state index in [0.29, 0.717) is 9.54 Å². The fraction of sp³-hybridized carbons (Fsp3) is 0.308. The summed E-state index contributed by atoms with van der Waals surface area (Å²) in [6.07, 6.45) is 2.23. The Balaban J connectivity index is 0.00000181. The molecule has 0 bridgehead atoms. The molecule has 0 aliphatic heterocycles. The Labute approximate surface area is 210 Å². The first-order valence-electron chi connectivity index (χ1n) is 10.6. The van der Waals surface area contributed by atoms with Gasteiger partial charge in [0, 0.05) is 0 Å². The molecule has 0 aromatic heterocycles. The number of hydrogen-bond acceptors (Lipinski definition) is 0. The van der Waals surface area contributed by atoms with Gasteiger partial charge in [-0.3, -0.25) is 0 Å². The van der Waals surface area contributed by atoms with Gasteiger partial charge in [0.1, 0.15) is 0 Å². The summed E-state index contributed by atoms with van der Waals surface area (Å²) in [7, 11) is 0. The summed E-state index contributed by atoms with van der Waals surface area (Å²) in [5.74, 6) is -0.439. The van der Waals surface area contributed by atoms with Crippen molar-refractivity contribution in [2.45, 2.75) is 44.4 Å². The Morgan fingerprint density at radius 3 is 1.97 bits per heavy atom. The topological polar surface area (TPSA) is 0 Å². The molecule has 2 unspecified atom stereocenters. The smallest absolute Gasteiger partial charge is 1.00 e. The monoisotopic (exact) mass is 566 g/mol. The van der Waals surface area contributed by atoms with E-state index in [1.165, 1.54) is 40.5 Å². The van der Waals surface area contributed by atoms with Crippen LogP contribution in [0, 0.1) is 17.6 Å². The predicted molar refractivity (Wildman–Crippen MR) is 120 cm³/mol. The second kappa shape index (κ2) is 10.6. The van der Waals surface area contributed by atoms with Crippen LogP contribution in [0.25, 0.3) is 5.57 Å². The number of fused-ring (bicyclic) bond motifs is 1. The summed E-state index contributed by atoms with van der Waals surface area (Å²) < 4.78 is 31.5. The van der Waals surface area contributed by atoms with Crippen LogP contribution in [0.15, 0.2) is 68.5 Å². The SMILES string of the molecule is CC1=C(C)C(C)[C]([Zr+2]([CH]2C=C(c3c(F)cccc3F)c3ccccc32)=[Si](C)C)=C1C.[Cl-].[Cl-]. The molecule has 0 N–H and O–H groups in total. The van der Waals surface area contributed by atoms with Gasteiger partial charge in [-0.15, -0.1) is 0 Å². The first-order chi connectivity index (χ1) is 14.2. The zero-order valence-electron chi connectivity index (χ0n) is 19.3. The third-order valence-electron chi connectivity index (χ3n) is 6.93. The Hall–Kier alpha value is -0.800. The van der Waals surface area contributed by atoms with Crippen LogP contribution < -0.4 is 24.8 Å². The average molecular weight is 569 g/mol. The fourth-order valence-corrected chi connectivity index (χ4v) is 24.8. The molecule has 2 atom stereocenters. The maximum absolute atomic E-state index is 14.7. The maximum atomic E-state index is 14.7. The molecule has 0 fully saturated rings. The van der Waals surface area contributed by atoms with Crippen molar-refractivity contribution in [1.29, 1.82) is 0 Å². The van der Waals surface area contributed by atoms with Crippen LogP contribution >= 0.6 is 0 Å². The molecule has 2 aliphatic carbocycles. The standard InChI is InChI=1S/C15H9F2.C9H13.C2H6Si.2ClH.Zr/c16-13-6-3-7-14(17)15(13)12-9-8-10-4-1-2-5-11(10)12;1-6-5-7(2)9(4)8(6)3;1-3-2;;;/h1-9H;6H,1-4H3;1-2H3;2*1H;/q;;;;;+2/p-2. The van der Waals surface area contributed by atoms with Crippen LogP contribution in [0.5, 0.6) is 0 Å². The number of allylic oxidation sites excluding steroid dienone is 5. The van der Waals surface area contributed by atoms with E-state index >= 15 is 0 Å². The molecule has 0 heterocycles. The summed E-state index contributed by atoms with van der Waals surface area (Å²) in [5.41, 5.74) is 7.09. The van der Waals surface area contributed by atoms with Crippen molar-refractivity contribution in [2.24, 2.45) is 5.92 Å². The summed E-state index contributed by atoms with van der Waals surface area (Å²) >= 11 is -2.16. The largest absolute Gasteiger partial charge is 1.00 e. The van der Waals surface area contributed by atoms with Crippen molar-refractivity contribution in [3.05, 3.63) is 96.9 Å². The molecule has 0 saturated carbocycles. The van der Waals surface area contributed by atoms with E-state index in [2.05, 4.69) is 59.0 Å². The fourth-order valence-electron chi connectivity index (χ4n) is 5.12. The van der Waals surface area contributed by atoms with E-state index in [1.54, 1.807) is 3.28 Å². The van der Waals surface area contributed by atoms with Gasteiger partial charge < -0.3 is 24.8 Å². The normalized spacial score (nSPS) is 19.0. The van der Waals surface area contributed by atoms with Crippen molar-refractivity contribution >= 4 is 11.0 Å². The minimum Gasteiger partial charge on any atom is -1.00 e. The molecule has 0 saturated heterocycles. The van der Waals surface area contributed by atoms with Gasteiger partial charge in [-0.1, -0.05) is 0 Å². The van der Waals surface area contributed by atoms with Crippen molar-refractivity contribution in [2.75, 3.05) is 0 Å².